The minimum absolute atomic E-state index is 0.237. The van der Waals surface area contributed by atoms with Gasteiger partial charge in [-0.1, -0.05) is 30.3 Å². The fourth-order valence-electron chi connectivity index (χ4n) is 2.07. The minimum Gasteiger partial charge on any atom is -0.321 e. The van der Waals surface area contributed by atoms with E-state index in [1.165, 1.54) is 18.4 Å². The van der Waals surface area contributed by atoms with E-state index >= 15 is 0 Å². The Morgan fingerprint density at radius 3 is 2.47 bits per heavy atom. The fraction of sp³-hybridized carbons (Fsp3) is 0.538. The molecular formula is C13H20N2. The molecule has 1 saturated carbocycles. The summed E-state index contributed by atoms with van der Waals surface area (Å²) >= 11 is 0. The smallest absolute Gasteiger partial charge is 0.0509 e. The van der Waals surface area contributed by atoms with E-state index in [0.29, 0.717) is 0 Å². The topological polar surface area (TPSA) is 29.3 Å². The highest BCUT2D eigenvalue weighted by atomic mass is 15.2. The van der Waals surface area contributed by atoms with Gasteiger partial charge in [0.2, 0.25) is 0 Å². The van der Waals surface area contributed by atoms with Crippen LogP contribution < -0.4 is 5.73 Å². The molecule has 1 aromatic rings. The lowest BCUT2D eigenvalue weighted by atomic mass is 9.93. The van der Waals surface area contributed by atoms with Crippen LogP contribution in [0.15, 0.2) is 30.3 Å². The van der Waals surface area contributed by atoms with Gasteiger partial charge in [-0.2, -0.15) is 0 Å². The molecule has 15 heavy (non-hydrogen) atoms. The van der Waals surface area contributed by atoms with E-state index in [1.54, 1.807) is 0 Å². The molecule has 1 aliphatic carbocycles. The lowest BCUT2D eigenvalue weighted by Gasteiger charge is -2.30. The summed E-state index contributed by atoms with van der Waals surface area (Å²) in [6.45, 7) is 3.04. The van der Waals surface area contributed by atoms with Crippen LogP contribution in [0.1, 0.15) is 25.3 Å². The summed E-state index contributed by atoms with van der Waals surface area (Å²) in [5, 5.41) is 0. The Labute approximate surface area is 92.1 Å². The van der Waals surface area contributed by atoms with Crippen molar-refractivity contribution in [1.29, 1.82) is 0 Å². The number of rotatable bonds is 4. The number of hydrogen-bond acceptors (Lipinski definition) is 2. The molecule has 2 N–H and O–H groups in total. The van der Waals surface area contributed by atoms with Gasteiger partial charge in [-0.3, -0.25) is 0 Å². The van der Waals surface area contributed by atoms with Gasteiger partial charge in [0.05, 0.1) is 5.54 Å². The maximum Gasteiger partial charge on any atom is 0.0509 e. The highest BCUT2D eigenvalue weighted by Gasteiger charge is 2.31. The normalized spacial score (nSPS) is 20.3. The third-order valence-corrected chi connectivity index (χ3v) is 3.18. The highest BCUT2D eigenvalue weighted by molar-refractivity contribution is 5.23. The molecule has 0 aliphatic heterocycles. The second kappa shape index (κ2) is 3.95. The molecule has 0 amide bonds. The van der Waals surface area contributed by atoms with Gasteiger partial charge in [0.15, 0.2) is 0 Å². The Bertz CT molecular complexity index is 315. The zero-order chi connectivity index (χ0) is 10.9. The van der Waals surface area contributed by atoms with Crippen molar-refractivity contribution >= 4 is 0 Å². The number of nitrogens with two attached hydrogens (primary N) is 1. The molecule has 1 aromatic carbocycles. The van der Waals surface area contributed by atoms with Crippen LogP contribution >= 0.6 is 0 Å². The first-order chi connectivity index (χ1) is 7.09. The molecule has 1 fully saturated rings. The molecule has 2 nitrogen and oxygen atoms in total. The maximum absolute atomic E-state index is 6.36. The summed E-state index contributed by atoms with van der Waals surface area (Å²) in [6, 6.07) is 11.1. The van der Waals surface area contributed by atoms with Crippen LogP contribution in [0.3, 0.4) is 0 Å². The highest BCUT2D eigenvalue weighted by Crippen LogP contribution is 2.28. The van der Waals surface area contributed by atoms with Gasteiger partial charge >= 0.3 is 0 Å². The molecule has 2 heteroatoms. The standard InChI is InChI=1S/C13H20N2/c1-13(14,10-15(2)12-8-9-12)11-6-4-3-5-7-11/h3-7,12H,8-10,14H2,1-2H3. The maximum atomic E-state index is 6.36. The van der Waals surface area contributed by atoms with Gasteiger partial charge in [0, 0.05) is 12.6 Å². The first kappa shape index (κ1) is 10.7. The van der Waals surface area contributed by atoms with E-state index in [1.807, 2.05) is 6.07 Å². The zero-order valence-electron chi connectivity index (χ0n) is 9.61. The second-order valence-corrected chi connectivity index (χ2v) is 4.93. The summed E-state index contributed by atoms with van der Waals surface area (Å²) in [6.07, 6.45) is 2.67. The summed E-state index contributed by atoms with van der Waals surface area (Å²) in [5.41, 5.74) is 7.35. The van der Waals surface area contributed by atoms with Crippen LogP contribution in [-0.4, -0.2) is 24.5 Å². The Hall–Kier alpha value is -0.860. The van der Waals surface area contributed by atoms with Crippen molar-refractivity contribution in [2.75, 3.05) is 13.6 Å². The van der Waals surface area contributed by atoms with Crippen molar-refractivity contribution in [3.63, 3.8) is 0 Å². The van der Waals surface area contributed by atoms with E-state index in [-0.39, 0.29) is 5.54 Å². The predicted molar refractivity (Wildman–Crippen MR) is 63.6 cm³/mol. The molecule has 1 aliphatic rings. The van der Waals surface area contributed by atoms with Gasteiger partial charge < -0.3 is 10.6 Å². The molecule has 0 spiro atoms. The quantitative estimate of drug-likeness (QED) is 0.812. The first-order valence-electron chi connectivity index (χ1n) is 5.64. The molecule has 0 aromatic heterocycles. The summed E-state index contributed by atoms with van der Waals surface area (Å²) in [4.78, 5) is 2.38. The summed E-state index contributed by atoms with van der Waals surface area (Å²) < 4.78 is 0. The molecular weight excluding hydrogens is 184 g/mol. The number of hydrogen-bond donors (Lipinski definition) is 1. The van der Waals surface area contributed by atoms with Gasteiger partial charge in [0.1, 0.15) is 0 Å². The Morgan fingerprint density at radius 1 is 1.33 bits per heavy atom. The Balaban J connectivity index is 2.05. The van der Waals surface area contributed by atoms with Crippen LogP contribution in [0.5, 0.6) is 0 Å². The Kier molecular flexibility index (Phi) is 2.81. The van der Waals surface area contributed by atoms with Crippen molar-refractivity contribution in [3.8, 4) is 0 Å². The van der Waals surface area contributed by atoms with Crippen molar-refractivity contribution in [2.45, 2.75) is 31.3 Å². The van der Waals surface area contributed by atoms with Crippen molar-refractivity contribution in [2.24, 2.45) is 5.73 Å². The average Bonchev–Trinajstić information content (AvgIpc) is 3.01. The summed E-state index contributed by atoms with van der Waals surface area (Å²) in [5.74, 6) is 0. The molecule has 0 bridgehead atoms. The average molecular weight is 204 g/mol. The first-order valence-corrected chi connectivity index (χ1v) is 5.64. The fourth-order valence-corrected chi connectivity index (χ4v) is 2.07. The molecule has 82 valence electrons. The van der Waals surface area contributed by atoms with E-state index in [0.717, 1.165) is 12.6 Å². The second-order valence-electron chi connectivity index (χ2n) is 4.93. The van der Waals surface area contributed by atoms with Crippen molar-refractivity contribution in [3.05, 3.63) is 35.9 Å². The number of nitrogens with zero attached hydrogens (tertiary/aromatic N) is 1. The zero-order valence-corrected chi connectivity index (χ0v) is 9.61. The van der Waals surface area contributed by atoms with Crippen LogP contribution in [0.25, 0.3) is 0 Å². The van der Waals surface area contributed by atoms with Gasteiger partial charge in [-0.15, -0.1) is 0 Å². The van der Waals surface area contributed by atoms with Crippen LogP contribution in [-0.2, 0) is 5.54 Å². The molecule has 0 heterocycles. The van der Waals surface area contributed by atoms with Crippen molar-refractivity contribution < 1.29 is 0 Å². The lowest BCUT2D eigenvalue weighted by Crippen LogP contribution is -2.44. The van der Waals surface area contributed by atoms with Crippen molar-refractivity contribution in [1.82, 2.24) is 4.90 Å². The third-order valence-electron chi connectivity index (χ3n) is 3.18. The SMILES string of the molecule is CN(CC(C)(N)c1ccccc1)C1CC1. The number of likely N-dealkylation sites (N-methyl/N-ethyl adjacent to an activating group) is 1. The van der Waals surface area contributed by atoms with E-state index in [2.05, 4.69) is 43.1 Å². The molecule has 0 radical (unpaired) electrons. The van der Waals surface area contributed by atoms with E-state index in [9.17, 15) is 0 Å². The monoisotopic (exact) mass is 204 g/mol. The molecule has 0 saturated heterocycles. The van der Waals surface area contributed by atoms with E-state index < -0.39 is 0 Å². The molecule has 1 atom stereocenters. The Morgan fingerprint density at radius 2 is 1.93 bits per heavy atom. The van der Waals surface area contributed by atoms with Crippen LogP contribution in [0.2, 0.25) is 0 Å². The summed E-state index contributed by atoms with van der Waals surface area (Å²) in [7, 11) is 2.17. The molecule has 1 unspecified atom stereocenters. The lowest BCUT2D eigenvalue weighted by molar-refractivity contribution is 0.251. The number of benzene rings is 1. The van der Waals surface area contributed by atoms with Crippen LogP contribution in [0, 0.1) is 0 Å². The predicted octanol–water partition coefficient (Wildman–Crippen LogP) is 1.95. The minimum atomic E-state index is -0.237. The van der Waals surface area contributed by atoms with E-state index in [4.69, 9.17) is 5.73 Å². The van der Waals surface area contributed by atoms with Gasteiger partial charge in [-0.05, 0) is 32.4 Å². The van der Waals surface area contributed by atoms with Gasteiger partial charge in [-0.25, -0.2) is 0 Å². The third kappa shape index (κ3) is 2.58. The van der Waals surface area contributed by atoms with Crippen LogP contribution in [0.4, 0.5) is 0 Å². The molecule has 2 rings (SSSR count). The van der Waals surface area contributed by atoms with Gasteiger partial charge in [0.25, 0.3) is 0 Å². The largest absolute Gasteiger partial charge is 0.321 e.